The molecule has 1 aliphatic heterocycles. The van der Waals surface area contributed by atoms with E-state index in [-0.39, 0.29) is 18.4 Å². The minimum Gasteiger partial charge on any atom is -0.345 e. The molecular formula is C13H20N4O2. The highest BCUT2D eigenvalue weighted by molar-refractivity contribution is 5.94. The predicted molar refractivity (Wildman–Crippen MR) is 70.3 cm³/mol. The van der Waals surface area contributed by atoms with E-state index in [2.05, 4.69) is 24.3 Å². The monoisotopic (exact) mass is 264 g/mol. The van der Waals surface area contributed by atoms with Gasteiger partial charge in [0.05, 0.1) is 18.8 Å². The largest absolute Gasteiger partial charge is 0.345 e. The maximum Gasteiger partial charge on any atom is 0.242 e. The van der Waals surface area contributed by atoms with Gasteiger partial charge in [0, 0.05) is 12.2 Å². The van der Waals surface area contributed by atoms with Gasteiger partial charge in [-0.2, -0.15) is 5.10 Å². The normalized spacial score (nSPS) is 21.4. The molecule has 104 valence electrons. The fraction of sp³-hybridized carbons (Fsp3) is 0.615. The lowest BCUT2D eigenvalue weighted by atomic mass is 10.2. The van der Waals surface area contributed by atoms with Gasteiger partial charge in [-0.05, 0) is 26.3 Å². The molecule has 1 aliphatic rings. The van der Waals surface area contributed by atoms with Gasteiger partial charge < -0.3 is 10.2 Å². The molecule has 2 unspecified atom stereocenters. The molecule has 19 heavy (non-hydrogen) atoms. The molecule has 0 bridgehead atoms. The molecule has 0 saturated carbocycles. The van der Waals surface area contributed by atoms with Gasteiger partial charge >= 0.3 is 0 Å². The first-order chi connectivity index (χ1) is 9.02. The summed E-state index contributed by atoms with van der Waals surface area (Å²) in [5.74, 6) is -0.175. The van der Waals surface area contributed by atoms with Crippen molar-refractivity contribution in [3.05, 3.63) is 18.0 Å². The SMILES string of the molecule is CCC(C)n1ccc(CN2C(=O)CNC(=O)C2C)n1. The number of rotatable bonds is 4. The highest BCUT2D eigenvalue weighted by Gasteiger charge is 2.31. The number of amides is 2. The van der Waals surface area contributed by atoms with Gasteiger partial charge in [0.25, 0.3) is 0 Å². The van der Waals surface area contributed by atoms with Crippen LogP contribution in [0.5, 0.6) is 0 Å². The molecule has 1 saturated heterocycles. The van der Waals surface area contributed by atoms with Crippen molar-refractivity contribution < 1.29 is 9.59 Å². The van der Waals surface area contributed by atoms with Crippen LogP contribution in [0.3, 0.4) is 0 Å². The van der Waals surface area contributed by atoms with E-state index in [1.165, 1.54) is 0 Å². The number of carbonyl (C=O) groups excluding carboxylic acids is 2. The molecule has 0 radical (unpaired) electrons. The lowest BCUT2D eigenvalue weighted by Crippen LogP contribution is -2.56. The molecule has 2 rings (SSSR count). The summed E-state index contributed by atoms with van der Waals surface area (Å²) in [7, 11) is 0. The predicted octanol–water partition coefficient (Wildman–Crippen LogP) is 0.701. The van der Waals surface area contributed by atoms with E-state index >= 15 is 0 Å². The minimum atomic E-state index is -0.435. The molecule has 0 aromatic carbocycles. The average molecular weight is 264 g/mol. The summed E-state index contributed by atoms with van der Waals surface area (Å²) in [5.41, 5.74) is 0.815. The van der Waals surface area contributed by atoms with Crippen molar-refractivity contribution in [2.75, 3.05) is 6.54 Å². The van der Waals surface area contributed by atoms with E-state index in [1.54, 1.807) is 11.8 Å². The minimum absolute atomic E-state index is 0.0646. The molecule has 0 aliphatic carbocycles. The van der Waals surface area contributed by atoms with Crippen molar-refractivity contribution in [3.8, 4) is 0 Å². The van der Waals surface area contributed by atoms with Gasteiger partial charge in [0.15, 0.2) is 0 Å². The molecule has 2 atom stereocenters. The zero-order valence-electron chi connectivity index (χ0n) is 11.6. The van der Waals surface area contributed by atoms with Crippen LogP contribution in [0.2, 0.25) is 0 Å². The Hall–Kier alpha value is -1.85. The fourth-order valence-corrected chi connectivity index (χ4v) is 2.06. The standard InChI is InChI=1S/C13H20N4O2/c1-4-9(2)17-6-5-11(15-17)8-16-10(3)13(19)14-7-12(16)18/h5-6,9-10H,4,7-8H2,1-3H3,(H,14,19). The number of nitrogens with zero attached hydrogens (tertiary/aromatic N) is 3. The fourth-order valence-electron chi connectivity index (χ4n) is 2.06. The molecule has 0 spiro atoms. The van der Waals surface area contributed by atoms with Crippen LogP contribution in [0.25, 0.3) is 0 Å². The van der Waals surface area contributed by atoms with Crippen molar-refractivity contribution in [2.45, 2.75) is 45.8 Å². The Morgan fingerprint density at radius 3 is 2.95 bits per heavy atom. The summed E-state index contributed by atoms with van der Waals surface area (Å²) in [6.07, 6.45) is 2.92. The maximum atomic E-state index is 11.8. The quantitative estimate of drug-likeness (QED) is 0.870. The summed E-state index contributed by atoms with van der Waals surface area (Å²) in [4.78, 5) is 25.0. The Kier molecular flexibility index (Phi) is 3.87. The number of aromatic nitrogens is 2. The lowest BCUT2D eigenvalue weighted by molar-refractivity contribution is -0.145. The number of nitrogens with one attached hydrogen (secondary N) is 1. The third-order valence-electron chi connectivity index (χ3n) is 3.62. The average Bonchev–Trinajstić information content (AvgIpc) is 2.87. The van der Waals surface area contributed by atoms with E-state index < -0.39 is 6.04 Å². The molecule has 2 amide bonds. The number of hydrogen-bond acceptors (Lipinski definition) is 3. The second-order valence-corrected chi connectivity index (χ2v) is 4.96. The van der Waals surface area contributed by atoms with Crippen molar-refractivity contribution in [3.63, 3.8) is 0 Å². The molecule has 6 nitrogen and oxygen atoms in total. The van der Waals surface area contributed by atoms with E-state index in [0.29, 0.717) is 12.6 Å². The third kappa shape index (κ3) is 2.77. The Morgan fingerprint density at radius 1 is 1.53 bits per heavy atom. The first kappa shape index (κ1) is 13.6. The van der Waals surface area contributed by atoms with Gasteiger partial charge in [-0.25, -0.2) is 0 Å². The number of hydrogen-bond donors (Lipinski definition) is 1. The van der Waals surface area contributed by atoms with Crippen LogP contribution in [-0.2, 0) is 16.1 Å². The highest BCUT2D eigenvalue weighted by Crippen LogP contribution is 2.13. The Bertz CT molecular complexity index is 483. The van der Waals surface area contributed by atoms with Crippen molar-refractivity contribution in [1.29, 1.82) is 0 Å². The molecule has 1 fully saturated rings. The summed E-state index contributed by atoms with van der Waals surface area (Å²) >= 11 is 0. The Morgan fingerprint density at radius 2 is 2.26 bits per heavy atom. The van der Waals surface area contributed by atoms with Gasteiger partial charge in [0.2, 0.25) is 11.8 Å². The van der Waals surface area contributed by atoms with Gasteiger partial charge in [-0.15, -0.1) is 0 Å². The zero-order valence-corrected chi connectivity index (χ0v) is 11.6. The smallest absolute Gasteiger partial charge is 0.242 e. The first-order valence-electron chi connectivity index (χ1n) is 6.64. The van der Waals surface area contributed by atoms with Crippen LogP contribution < -0.4 is 5.32 Å². The van der Waals surface area contributed by atoms with E-state index in [1.807, 2.05) is 16.9 Å². The first-order valence-corrected chi connectivity index (χ1v) is 6.64. The third-order valence-corrected chi connectivity index (χ3v) is 3.62. The topological polar surface area (TPSA) is 67.2 Å². The Balaban J connectivity index is 2.09. The molecular weight excluding hydrogens is 244 g/mol. The van der Waals surface area contributed by atoms with Gasteiger partial charge in [-0.1, -0.05) is 6.92 Å². The van der Waals surface area contributed by atoms with Crippen molar-refractivity contribution in [2.24, 2.45) is 0 Å². The lowest BCUT2D eigenvalue weighted by Gasteiger charge is -2.32. The number of piperazine rings is 1. The van der Waals surface area contributed by atoms with E-state index in [9.17, 15) is 9.59 Å². The summed E-state index contributed by atoms with van der Waals surface area (Å²) in [6.45, 7) is 6.40. The summed E-state index contributed by atoms with van der Waals surface area (Å²) < 4.78 is 1.90. The van der Waals surface area contributed by atoms with Crippen LogP contribution in [0.4, 0.5) is 0 Å². The Labute approximate surface area is 112 Å². The second kappa shape index (κ2) is 5.42. The van der Waals surface area contributed by atoms with E-state index in [0.717, 1.165) is 12.1 Å². The van der Waals surface area contributed by atoms with E-state index in [4.69, 9.17) is 0 Å². The van der Waals surface area contributed by atoms with Crippen LogP contribution in [0, 0.1) is 0 Å². The molecule has 1 aromatic rings. The van der Waals surface area contributed by atoms with Crippen LogP contribution in [-0.4, -0.2) is 39.1 Å². The van der Waals surface area contributed by atoms with Crippen LogP contribution in [0.1, 0.15) is 38.9 Å². The number of carbonyl (C=O) groups is 2. The van der Waals surface area contributed by atoms with Crippen LogP contribution >= 0.6 is 0 Å². The molecule has 1 N–H and O–H groups in total. The molecule has 6 heteroatoms. The van der Waals surface area contributed by atoms with Gasteiger partial charge in [0.1, 0.15) is 6.04 Å². The summed E-state index contributed by atoms with van der Waals surface area (Å²) in [5, 5.41) is 7.03. The zero-order chi connectivity index (χ0) is 14.0. The summed E-state index contributed by atoms with van der Waals surface area (Å²) in [6, 6.07) is 1.81. The van der Waals surface area contributed by atoms with Gasteiger partial charge in [-0.3, -0.25) is 14.3 Å². The van der Waals surface area contributed by atoms with Crippen molar-refractivity contribution >= 4 is 11.8 Å². The second-order valence-electron chi connectivity index (χ2n) is 4.96. The maximum absolute atomic E-state index is 11.8. The highest BCUT2D eigenvalue weighted by atomic mass is 16.2. The van der Waals surface area contributed by atoms with Crippen molar-refractivity contribution in [1.82, 2.24) is 20.0 Å². The van der Waals surface area contributed by atoms with Crippen LogP contribution in [0.15, 0.2) is 12.3 Å². The molecule has 1 aromatic heterocycles. The molecule has 2 heterocycles.